The Kier molecular flexibility index (Phi) is 7.94. The van der Waals surface area contributed by atoms with Crippen LogP contribution in [-0.2, 0) is 6.18 Å². The highest BCUT2D eigenvalue weighted by Gasteiger charge is 2.34. The second-order valence-corrected chi connectivity index (χ2v) is 11.3. The first kappa shape index (κ1) is 27.3. The fourth-order valence-corrected chi connectivity index (χ4v) is 6.40. The van der Waals surface area contributed by atoms with Crippen LogP contribution in [0, 0.1) is 11.8 Å². The summed E-state index contributed by atoms with van der Waals surface area (Å²) in [5.41, 5.74) is 2.85. The third-order valence-electron chi connectivity index (χ3n) is 8.46. The molecule has 3 heterocycles. The molecule has 0 amide bonds. The molecule has 2 fully saturated rings. The Bertz CT molecular complexity index is 1420. The quantitative estimate of drug-likeness (QED) is 0.252. The Morgan fingerprint density at radius 1 is 0.854 bits per heavy atom. The van der Waals surface area contributed by atoms with Gasteiger partial charge in [0, 0.05) is 42.8 Å². The second-order valence-electron chi connectivity index (χ2n) is 11.3. The molecule has 1 N–H and O–H groups in total. The molecule has 214 valence electrons. The summed E-state index contributed by atoms with van der Waals surface area (Å²) in [4.78, 5) is 11.8. The van der Waals surface area contributed by atoms with Crippen molar-refractivity contribution in [2.45, 2.75) is 57.2 Å². The molecule has 6 rings (SSSR count). The monoisotopic (exact) mass is 560 g/mol. The van der Waals surface area contributed by atoms with Crippen LogP contribution in [-0.4, -0.2) is 38.9 Å². The maximum Gasteiger partial charge on any atom is 0.435 e. The first-order valence-electron chi connectivity index (χ1n) is 14.6. The lowest BCUT2D eigenvalue weighted by Crippen LogP contribution is -2.39. The van der Waals surface area contributed by atoms with Gasteiger partial charge in [-0.05, 0) is 80.3 Å². The summed E-state index contributed by atoms with van der Waals surface area (Å²) in [6.45, 7) is 1.98. The highest BCUT2D eigenvalue weighted by Crippen LogP contribution is 2.35. The van der Waals surface area contributed by atoms with Gasteiger partial charge in [0.25, 0.3) is 0 Å². The van der Waals surface area contributed by atoms with Crippen molar-refractivity contribution in [1.29, 1.82) is 0 Å². The lowest BCUT2D eigenvalue weighted by atomic mass is 9.77. The Labute approximate surface area is 238 Å². The zero-order chi connectivity index (χ0) is 28.2. The minimum absolute atomic E-state index is 0.361. The van der Waals surface area contributed by atoms with Crippen molar-refractivity contribution in [1.82, 2.24) is 19.7 Å². The maximum atomic E-state index is 12.9. The molecule has 0 spiro atoms. The molecule has 0 unspecified atom stereocenters. The van der Waals surface area contributed by atoms with Crippen LogP contribution in [0.2, 0.25) is 0 Å². The number of hydrogen-bond donors (Lipinski definition) is 1. The molecule has 2 aromatic carbocycles. The summed E-state index contributed by atoms with van der Waals surface area (Å²) in [7, 11) is 0. The number of benzene rings is 2. The van der Waals surface area contributed by atoms with E-state index in [1.54, 1.807) is 0 Å². The Morgan fingerprint density at radius 3 is 2.41 bits per heavy atom. The third-order valence-corrected chi connectivity index (χ3v) is 8.46. The van der Waals surface area contributed by atoms with E-state index in [1.807, 2.05) is 54.7 Å². The molecule has 1 aliphatic heterocycles. The van der Waals surface area contributed by atoms with Gasteiger partial charge in [-0.2, -0.15) is 18.3 Å². The van der Waals surface area contributed by atoms with Crippen LogP contribution in [0.5, 0.6) is 0 Å². The molecule has 2 aromatic heterocycles. The van der Waals surface area contributed by atoms with Gasteiger partial charge < -0.3 is 10.2 Å². The predicted octanol–water partition coefficient (Wildman–Crippen LogP) is 7.63. The summed E-state index contributed by atoms with van der Waals surface area (Å²) >= 11 is 0. The minimum Gasteiger partial charge on any atom is -0.371 e. The SMILES string of the molecule is FC(F)(F)c1ccn(-c2ccc(N3CCC[C@H](C[C@@H]4CCCC[C@H]4Nc4nccc(-c5ccccc5)n4)C3)cc2)n1. The van der Waals surface area contributed by atoms with Crippen molar-refractivity contribution >= 4 is 11.6 Å². The van der Waals surface area contributed by atoms with Crippen LogP contribution in [0.4, 0.5) is 24.8 Å². The number of nitrogens with one attached hydrogen (secondary N) is 1. The number of nitrogens with zero attached hydrogens (tertiary/aromatic N) is 5. The van der Waals surface area contributed by atoms with Gasteiger partial charge in [0.1, 0.15) is 0 Å². The maximum absolute atomic E-state index is 12.9. The highest BCUT2D eigenvalue weighted by molar-refractivity contribution is 5.59. The third kappa shape index (κ3) is 6.55. The molecular weight excluding hydrogens is 525 g/mol. The van der Waals surface area contributed by atoms with Gasteiger partial charge in [0.2, 0.25) is 5.95 Å². The van der Waals surface area contributed by atoms with Gasteiger partial charge >= 0.3 is 6.18 Å². The first-order valence-corrected chi connectivity index (χ1v) is 14.6. The second kappa shape index (κ2) is 11.9. The summed E-state index contributed by atoms with van der Waals surface area (Å²) in [6.07, 6.45) is 7.08. The van der Waals surface area contributed by atoms with E-state index in [9.17, 15) is 13.2 Å². The van der Waals surface area contributed by atoms with Crippen molar-refractivity contribution in [2.24, 2.45) is 11.8 Å². The van der Waals surface area contributed by atoms with Gasteiger partial charge in [-0.25, -0.2) is 14.6 Å². The van der Waals surface area contributed by atoms with E-state index in [0.29, 0.717) is 29.5 Å². The standard InChI is InChI=1S/C32H35F3N6/c33-32(34,35)30-17-20-41(39-30)27-14-12-26(13-15-27)40-19-6-7-23(22-40)21-25-10-4-5-11-28(25)37-31-36-18-16-29(38-31)24-8-2-1-3-9-24/h1-3,8-9,12-18,20,23,25,28H,4-7,10-11,19,21-22H2,(H,36,37,38)/t23-,25+,28-/m1/s1. The van der Waals surface area contributed by atoms with Crippen LogP contribution >= 0.6 is 0 Å². The molecule has 3 atom stereocenters. The largest absolute Gasteiger partial charge is 0.435 e. The first-order chi connectivity index (χ1) is 19.9. The Hall–Kier alpha value is -3.88. The number of hydrogen-bond acceptors (Lipinski definition) is 5. The number of rotatable bonds is 7. The smallest absolute Gasteiger partial charge is 0.371 e. The molecule has 6 nitrogen and oxygen atoms in total. The van der Waals surface area contributed by atoms with Crippen molar-refractivity contribution in [3.63, 3.8) is 0 Å². The zero-order valence-corrected chi connectivity index (χ0v) is 23.0. The molecule has 0 bridgehead atoms. The Morgan fingerprint density at radius 2 is 1.63 bits per heavy atom. The van der Waals surface area contributed by atoms with Gasteiger partial charge in [-0.1, -0.05) is 43.2 Å². The molecular formula is C32H35F3N6. The summed E-state index contributed by atoms with van der Waals surface area (Å²) in [5, 5.41) is 7.38. The molecule has 0 radical (unpaired) electrons. The lowest BCUT2D eigenvalue weighted by Gasteiger charge is -2.39. The van der Waals surface area contributed by atoms with Crippen LogP contribution in [0.25, 0.3) is 16.9 Å². The van der Waals surface area contributed by atoms with Gasteiger partial charge in [0.15, 0.2) is 5.69 Å². The van der Waals surface area contributed by atoms with E-state index in [1.165, 1.54) is 36.6 Å². The van der Waals surface area contributed by atoms with Crippen molar-refractivity contribution in [2.75, 3.05) is 23.3 Å². The number of aromatic nitrogens is 4. The van der Waals surface area contributed by atoms with Crippen molar-refractivity contribution in [3.8, 4) is 16.9 Å². The van der Waals surface area contributed by atoms with Gasteiger partial charge in [-0.3, -0.25) is 0 Å². The van der Waals surface area contributed by atoms with Gasteiger partial charge in [0.05, 0.1) is 11.4 Å². The number of piperidine rings is 1. The topological polar surface area (TPSA) is 58.9 Å². The van der Waals surface area contributed by atoms with E-state index in [2.05, 4.69) is 32.4 Å². The van der Waals surface area contributed by atoms with Crippen LogP contribution in [0.15, 0.2) is 79.1 Å². The molecule has 9 heteroatoms. The van der Waals surface area contributed by atoms with E-state index in [4.69, 9.17) is 4.98 Å². The number of halogens is 3. The van der Waals surface area contributed by atoms with Crippen LogP contribution < -0.4 is 10.2 Å². The molecule has 2 aliphatic rings. The summed E-state index contributed by atoms with van der Waals surface area (Å²) < 4.78 is 40.1. The molecule has 1 aliphatic carbocycles. The van der Waals surface area contributed by atoms with E-state index in [0.717, 1.165) is 55.4 Å². The predicted molar refractivity (Wildman–Crippen MR) is 155 cm³/mol. The normalized spacial score (nSPS) is 21.5. The lowest BCUT2D eigenvalue weighted by molar-refractivity contribution is -0.141. The molecule has 1 saturated heterocycles. The van der Waals surface area contributed by atoms with Crippen LogP contribution in [0.1, 0.15) is 50.6 Å². The molecule has 4 aromatic rings. The number of anilines is 2. The molecule has 41 heavy (non-hydrogen) atoms. The fourth-order valence-electron chi connectivity index (χ4n) is 6.40. The Balaban J connectivity index is 1.09. The summed E-state index contributed by atoms with van der Waals surface area (Å²) in [5.74, 6) is 1.86. The minimum atomic E-state index is -4.44. The van der Waals surface area contributed by atoms with Crippen molar-refractivity contribution < 1.29 is 13.2 Å². The highest BCUT2D eigenvalue weighted by atomic mass is 19.4. The van der Waals surface area contributed by atoms with Gasteiger partial charge in [-0.15, -0.1) is 0 Å². The zero-order valence-electron chi connectivity index (χ0n) is 23.0. The number of alkyl halides is 3. The average molecular weight is 561 g/mol. The van der Waals surface area contributed by atoms with E-state index >= 15 is 0 Å². The fraction of sp³-hybridized carbons (Fsp3) is 0.406. The average Bonchev–Trinajstić information content (AvgIpc) is 3.51. The summed E-state index contributed by atoms with van der Waals surface area (Å²) in [6, 6.07) is 21.2. The van der Waals surface area contributed by atoms with E-state index < -0.39 is 11.9 Å². The van der Waals surface area contributed by atoms with Crippen molar-refractivity contribution in [3.05, 3.63) is 84.8 Å². The molecule has 1 saturated carbocycles. The van der Waals surface area contributed by atoms with E-state index in [-0.39, 0.29) is 0 Å². The van der Waals surface area contributed by atoms with Crippen LogP contribution in [0.3, 0.4) is 0 Å².